The lowest BCUT2D eigenvalue weighted by Gasteiger charge is -2.34. The number of benzene rings is 3. The van der Waals surface area contributed by atoms with Gasteiger partial charge in [-0.3, -0.25) is 13.9 Å². The number of halogens is 2. The minimum absolute atomic E-state index is 0.0534. The first-order chi connectivity index (χ1) is 20.5. The van der Waals surface area contributed by atoms with E-state index in [2.05, 4.69) is 19.2 Å². The first kappa shape index (κ1) is 32.8. The second-order valence-corrected chi connectivity index (χ2v) is 13.9. The Morgan fingerprint density at radius 3 is 2.16 bits per heavy atom. The molecule has 1 fully saturated rings. The first-order valence-corrected chi connectivity index (χ1v) is 16.9. The predicted octanol–water partition coefficient (Wildman–Crippen LogP) is 7.18. The van der Waals surface area contributed by atoms with Crippen molar-refractivity contribution >= 4 is 50.7 Å². The third-order valence-electron chi connectivity index (χ3n) is 7.88. The van der Waals surface area contributed by atoms with Gasteiger partial charge in [-0.1, -0.05) is 93.2 Å². The van der Waals surface area contributed by atoms with Crippen molar-refractivity contribution in [3.8, 4) is 0 Å². The van der Waals surface area contributed by atoms with E-state index in [9.17, 15) is 18.0 Å². The number of sulfonamides is 1. The quantitative estimate of drug-likeness (QED) is 0.226. The Morgan fingerprint density at radius 1 is 0.930 bits per heavy atom. The molecule has 1 atom stereocenters. The molecule has 0 unspecified atom stereocenters. The van der Waals surface area contributed by atoms with Crippen LogP contribution < -0.4 is 9.62 Å². The van der Waals surface area contributed by atoms with E-state index in [1.54, 1.807) is 48.5 Å². The zero-order valence-corrected chi connectivity index (χ0v) is 27.1. The third-order valence-corrected chi connectivity index (χ3v) is 10.4. The van der Waals surface area contributed by atoms with Gasteiger partial charge in [0.05, 0.1) is 20.6 Å². The van der Waals surface area contributed by atoms with Crippen LogP contribution in [0.3, 0.4) is 0 Å². The molecule has 3 aromatic rings. The average molecular weight is 645 g/mol. The second-order valence-electron chi connectivity index (χ2n) is 11.3. The van der Waals surface area contributed by atoms with E-state index >= 15 is 0 Å². The largest absolute Gasteiger partial charge is 0.352 e. The van der Waals surface area contributed by atoms with Crippen LogP contribution in [0.2, 0.25) is 10.0 Å². The van der Waals surface area contributed by atoms with Gasteiger partial charge in [0.1, 0.15) is 12.6 Å². The SMILES string of the molecule is CC[C@H](C(=O)NC1CCCC1)N(Cc1ccc(Cl)c(Cl)c1)C(=O)CN(c1ccc(C(C)C)cc1)S(=O)(=O)c1ccccc1. The summed E-state index contributed by atoms with van der Waals surface area (Å²) in [5, 5.41) is 3.82. The number of carbonyl (C=O) groups is 2. The van der Waals surface area contributed by atoms with E-state index in [1.165, 1.54) is 17.0 Å². The van der Waals surface area contributed by atoms with Crippen molar-refractivity contribution in [2.75, 3.05) is 10.8 Å². The van der Waals surface area contributed by atoms with Crippen molar-refractivity contribution in [1.82, 2.24) is 10.2 Å². The molecule has 0 radical (unpaired) electrons. The van der Waals surface area contributed by atoms with Gasteiger partial charge in [-0.25, -0.2) is 8.42 Å². The van der Waals surface area contributed by atoms with E-state index in [4.69, 9.17) is 23.2 Å². The van der Waals surface area contributed by atoms with E-state index < -0.39 is 28.5 Å². The molecule has 7 nitrogen and oxygen atoms in total. The molecule has 0 heterocycles. The van der Waals surface area contributed by atoms with E-state index in [-0.39, 0.29) is 29.3 Å². The summed E-state index contributed by atoms with van der Waals surface area (Å²) >= 11 is 12.4. The third kappa shape index (κ3) is 8.11. The molecule has 10 heteroatoms. The summed E-state index contributed by atoms with van der Waals surface area (Å²) in [6.45, 7) is 5.51. The minimum atomic E-state index is -4.13. The van der Waals surface area contributed by atoms with Crippen LogP contribution in [-0.2, 0) is 26.2 Å². The van der Waals surface area contributed by atoms with Crippen molar-refractivity contribution in [2.24, 2.45) is 0 Å². The lowest BCUT2D eigenvalue weighted by molar-refractivity contribution is -0.140. The highest BCUT2D eigenvalue weighted by Crippen LogP contribution is 2.28. The summed E-state index contributed by atoms with van der Waals surface area (Å²) < 4.78 is 29.1. The monoisotopic (exact) mass is 643 g/mol. The lowest BCUT2D eigenvalue weighted by Crippen LogP contribution is -2.53. The maximum atomic E-state index is 14.3. The Hall–Kier alpha value is -3.07. The maximum absolute atomic E-state index is 14.3. The van der Waals surface area contributed by atoms with Gasteiger partial charge in [-0.05, 0) is 72.7 Å². The fourth-order valence-electron chi connectivity index (χ4n) is 5.40. The molecule has 1 saturated carbocycles. The standard InChI is InChI=1S/C33H39Cl2N3O4S/c1-4-31(33(40)36-26-10-8-9-11-26)37(21-24-14-19-29(34)30(35)20-24)32(39)22-38(27-17-15-25(16-18-27)23(2)3)43(41,42)28-12-6-5-7-13-28/h5-7,12-20,23,26,31H,4,8-11,21-22H2,1-3H3,(H,36,40)/t31-/m1/s1. The van der Waals surface area contributed by atoms with Gasteiger partial charge in [0.2, 0.25) is 11.8 Å². The summed E-state index contributed by atoms with van der Waals surface area (Å²) in [5.74, 6) is -0.506. The zero-order valence-electron chi connectivity index (χ0n) is 24.8. The van der Waals surface area contributed by atoms with Crippen LogP contribution in [0.15, 0.2) is 77.7 Å². The summed E-state index contributed by atoms with van der Waals surface area (Å²) in [5.41, 5.74) is 2.08. The Kier molecular flexibility index (Phi) is 11.2. The van der Waals surface area contributed by atoms with Gasteiger partial charge in [0.25, 0.3) is 10.0 Å². The zero-order chi connectivity index (χ0) is 31.1. The van der Waals surface area contributed by atoms with Crippen molar-refractivity contribution in [3.05, 3.63) is 94.0 Å². The summed E-state index contributed by atoms with van der Waals surface area (Å²) in [4.78, 5) is 29.4. The number of hydrogen-bond acceptors (Lipinski definition) is 4. The van der Waals surface area contributed by atoms with Gasteiger partial charge < -0.3 is 10.2 Å². The molecule has 1 N–H and O–H groups in total. The van der Waals surface area contributed by atoms with Gasteiger partial charge in [0, 0.05) is 12.6 Å². The molecule has 0 spiro atoms. The fourth-order valence-corrected chi connectivity index (χ4v) is 7.15. The molecular formula is C33H39Cl2N3O4S. The van der Waals surface area contributed by atoms with Crippen molar-refractivity contribution in [2.45, 2.75) is 82.3 Å². The maximum Gasteiger partial charge on any atom is 0.264 e. The number of nitrogens with one attached hydrogen (secondary N) is 1. The van der Waals surface area contributed by atoms with Gasteiger partial charge in [-0.2, -0.15) is 0 Å². The number of amides is 2. The highest BCUT2D eigenvalue weighted by molar-refractivity contribution is 7.92. The predicted molar refractivity (Wildman–Crippen MR) is 173 cm³/mol. The normalized spacial score (nSPS) is 14.5. The molecule has 0 aliphatic heterocycles. The Bertz CT molecular complexity index is 1510. The fraction of sp³-hybridized carbons (Fsp3) is 0.394. The van der Waals surface area contributed by atoms with Crippen LogP contribution in [0, 0.1) is 0 Å². The molecule has 1 aliphatic carbocycles. The van der Waals surface area contributed by atoms with Gasteiger partial charge in [-0.15, -0.1) is 0 Å². The van der Waals surface area contributed by atoms with Gasteiger partial charge in [0.15, 0.2) is 0 Å². The number of anilines is 1. The van der Waals surface area contributed by atoms with Crippen molar-refractivity contribution < 1.29 is 18.0 Å². The first-order valence-electron chi connectivity index (χ1n) is 14.7. The van der Waals surface area contributed by atoms with E-state index in [0.29, 0.717) is 27.7 Å². The Balaban J connectivity index is 1.72. The highest BCUT2D eigenvalue weighted by Gasteiger charge is 2.34. The van der Waals surface area contributed by atoms with E-state index in [0.717, 1.165) is 35.6 Å². The smallest absolute Gasteiger partial charge is 0.264 e. The molecule has 1 aliphatic rings. The molecule has 4 rings (SSSR count). The average Bonchev–Trinajstić information content (AvgIpc) is 3.51. The number of nitrogens with zero attached hydrogens (tertiary/aromatic N) is 2. The van der Waals surface area contributed by atoms with Crippen molar-refractivity contribution in [1.29, 1.82) is 0 Å². The number of rotatable bonds is 12. The van der Waals surface area contributed by atoms with Crippen molar-refractivity contribution in [3.63, 3.8) is 0 Å². The summed E-state index contributed by atoms with van der Waals surface area (Å²) in [6, 6.07) is 19.5. The molecule has 43 heavy (non-hydrogen) atoms. The second kappa shape index (κ2) is 14.6. The molecule has 3 aromatic carbocycles. The van der Waals surface area contributed by atoms with Crippen LogP contribution in [0.5, 0.6) is 0 Å². The number of carbonyl (C=O) groups excluding carboxylic acids is 2. The topological polar surface area (TPSA) is 86.8 Å². The van der Waals surface area contributed by atoms with Crippen LogP contribution >= 0.6 is 23.2 Å². The van der Waals surface area contributed by atoms with E-state index in [1.807, 2.05) is 19.1 Å². The van der Waals surface area contributed by atoms with Gasteiger partial charge >= 0.3 is 0 Å². The minimum Gasteiger partial charge on any atom is -0.352 e. The summed E-state index contributed by atoms with van der Waals surface area (Å²) in [6.07, 6.45) is 4.25. The molecule has 230 valence electrons. The molecule has 0 aromatic heterocycles. The molecular weight excluding hydrogens is 605 g/mol. The highest BCUT2D eigenvalue weighted by atomic mass is 35.5. The molecule has 2 amide bonds. The summed E-state index contributed by atoms with van der Waals surface area (Å²) in [7, 11) is -4.13. The van der Waals surface area contributed by atoms with Crippen LogP contribution in [0.4, 0.5) is 5.69 Å². The Morgan fingerprint density at radius 2 is 1.58 bits per heavy atom. The lowest BCUT2D eigenvalue weighted by atomic mass is 10.0. The van der Waals surface area contributed by atoms with Crippen LogP contribution in [0.1, 0.15) is 69.9 Å². The van der Waals surface area contributed by atoms with Crippen LogP contribution in [-0.4, -0.2) is 43.8 Å². The Labute approximate surface area is 265 Å². The number of hydrogen-bond donors (Lipinski definition) is 1. The molecule has 0 bridgehead atoms. The molecule has 0 saturated heterocycles. The van der Waals surface area contributed by atoms with Crippen LogP contribution in [0.25, 0.3) is 0 Å².